The van der Waals surface area contributed by atoms with Gasteiger partial charge in [0.25, 0.3) is 0 Å². The molecule has 0 aromatic rings. The van der Waals surface area contributed by atoms with Crippen LogP contribution in [0.15, 0.2) is 35.6 Å². The molecule has 5 heteroatoms. The number of rotatable bonds is 22. The lowest BCUT2D eigenvalue weighted by molar-refractivity contribution is -0.428. The zero-order valence-electron chi connectivity index (χ0n) is 33.9. The van der Waals surface area contributed by atoms with E-state index in [0.717, 1.165) is 93.3 Å². The molecule has 4 aliphatic rings. The predicted molar refractivity (Wildman–Crippen MR) is 213 cm³/mol. The fourth-order valence-corrected chi connectivity index (χ4v) is 11.5. The minimum Gasteiger partial charge on any atom is -0.462 e. The highest BCUT2D eigenvalue weighted by atomic mass is 16.6. The Balaban J connectivity index is 1.15. The number of hydrogen-bond donors (Lipinski definition) is 0. The van der Waals surface area contributed by atoms with Gasteiger partial charge in [-0.2, -0.15) is 0 Å². The van der Waals surface area contributed by atoms with Crippen molar-refractivity contribution in [1.29, 1.82) is 0 Å². The van der Waals surface area contributed by atoms with Gasteiger partial charge in [0, 0.05) is 19.3 Å². The number of unbranched alkanes of at least 4 members (excludes halogenated alkanes) is 8. The zero-order chi connectivity index (χ0) is 36.9. The fourth-order valence-electron chi connectivity index (χ4n) is 11.5. The first-order chi connectivity index (χ1) is 24.5. The van der Waals surface area contributed by atoms with Crippen molar-refractivity contribution in [3.05, 3.63) is 45.7 Å². The van der Waals surface area contributed by atoms with Crippen LogP contribution in [-0.2, 0) is 9.53 Å². The van der Waals surface area contributed by atoms with Crippen LogP contribution in [0.5, 0.6) is 0 Å². The van der Waals surface area contributed by atoms with Crippen molar-refractivity contribution < 1.29 is 14.5 Å². The standard InChI is InChI=1S/C46H77NO4/c1-7-8-9-10-11-13-16-23-38(47(49)50)24-17-14-12-15-18-25-44(48)51-39-30-32-45(5)37(34-39)26-27-40-42-29-28-41(46(42,6)33-31-43(40)45)36(4)22-20-19-21-35(2)3/h11,13,23,26,35-36,39-43H,7-10,12,14-22,24-25,27-34H2,1-6H3/b13-11+,38-23-/t36?,39?,40?,41-,42?,43+,45?,46?/m1/s1. The zero-order valence-corrected chi connectivity index (χ0v) is 33.9. The molecular formula is C46H77NO4. The van der Waals surface area contributed by atoms with Crippen molar-refractivity contribution in [1.82, 2.24) is 0 Å². The number of nitrogens with zero attached hydrogens (tertiary/aromatic N) is 1. The van der Waals surface area contributed by atoms with Crippen LogP contribution in [0.3, 0.4) is 0 Å². The summed E-state index contributed by atoms with van der Waals surface area (Å²) in [6.45, 7) is 14.7. The summed E-state index contributed by atoms with van der Waals surface area (Å²) in [7, 11) is 0. The number of nitro groups is 1. The molecule has 0 amide bonds. The van der Waals surface area contributed by atoms with E-state index in [-0.39, 0.29) is 22.4 Å². The van der Waals surface area contributed by atoms with E-state index in [9.17, 15) is 14.9 Å². The third-order valence-corrected chi connectivity index (χ3v) is 14.5. The van der Waals surface area contributed by atoms with Crippen molar-refractivity contribution in [3.8, 4) is 0 Å². The monoisotopic (exact) mass is 708 g/mol. The summed E-state index contributed by atoms with van der Waals surface area (Å²) in [6.07, 6.45) is 35.2. The van der Waals surface area contributed by atoms with E-state index in [1.807, 2.05) is 0 Å². The molecule has 3 fully saturated rings. The minimum atomic E-state index is -0.219. The van der Waals surface area contributed by atoms with Gasteiger partial charge in [-0.3, -0.25) is 14.9 Å². The number of ether oxygens (including phenoxy) is 1. The Morgan fingerprint density at radius 3 is 2.39 bits per heavy atom. The number of fused-ring (bicyclic) bond motifs is 5. The third-order valence-electron chi connectivity index (χ3n) is 14.5. The molecule has 51 heavy (non-hydrogen) atoms. The van der Waals surface area contributed by atoms with Crippen molar-refractivity contribution in [2.24, 2.45) is 46.3 Å². The lowest BCUT2D eigenvalue weighted by atomic mass is 9.47. The van der Waals surface area contributed by atoms with Gasteiger partial charge < -0.3 is 4.74 Å². The first-order valence-corrected chi connectivity index (χ1v) is 21.9. The second-order valence-electron chi connectivity index (χ2n) is 18.4. The van der Waals surface area contributed by atoms with Crippen LogP contribution >= 0.6 is 0 Å². The van der Waals surface area contributed by atoms with Crippen LogP contribution in [0, 0.1) is 56.5 Å². The van der Waals surface area contributed by atoms with E-state index in [0.29, 0.717) is 30.4 Å². The Kier molecular flexibility index (Phi) is 16.8. The van der Waals surface area contributed by atoms with E-state index >= 15 is 0 Å². The predicted octanol–water partition coefficient (Wildman–Crippen LogP) is 13.7. The van der Waals surface area contributed by atoms with Gasteiger partial charge in [-0.05, 0) is 129 Å². The summed E-state index contributed by atoms with van der Waals surface area (Å²) in [5, 5.41) is 11.5. The van der Waals surface area contributed by atoms with Gasteiger partial charge in [0.05, 0.1) is 4.92 Å². The molecule has 0 radical (unpaired) electrons. The lowest BCUT2D eigenvalue weighted by Crippen LogP contribution is -2.51. The molecule has 0 aromatic heterocycles. The van der Waals surface area contributed by atoms with Gasteiger partial charge in [0.15, 0.2) is 0 Å². The highest BCUT2D eigenvalue weighted by Crippen LogP contribution is 2.67. The van der Waals surface area contributed by atoms with Gasteiger partial charge in [0.2, 0.25) is 5.70 Å². The SMILES string of the molecule is CCCCC/C=C/C/C=C(/CCCCCCCC(=O)OC1CCC2(C)C(=CCC3C4CC[C@H](C(C)CCCCC(C)C)C4(C)CC[C@@H]32)C1)[N+](=O)[O-]. The average Bonchev–Trinajstić information content (AvgIpc) is 3.45. The third kappa shape index (κ3) is 11.5. The smallest absolute Gasteiger partial charge is 0.306 e. The molecule has 4 aliphatic carbocycles. The highest BCUT2D eigenvalue weighted by molar-refractivity contribution is 5.69. The number of hydrogen-bond acceptors (Lipinski definition) is 4. The van der Waals surface area contributed by atoms with Gasteiger partial charge >= 0.3 is 5.97 Å². The number of carbonyl (C=O) groups excluding carboxylic acids is 1. The van der Waals surface area contributed by atoms with Gasteiger partial charge in [-0.15, -0.1) is 0 Å². The maximum absolute atomic E-state index is 12.9. The van der Waals surface area contributed by atoms with Crippen molar-refractivity contribution in [2.75, 3.05) is 0 Å². The molecule has 4 rings (SSSR count). The molecule has 0 spiro atoms. The maximum atomic E-state index is 12.9. The van der Waals surface area contributed by atoms with Crippen molar-refractivity contribution in [3.63, 3.8) is 0 Å². The van der Waals surface area contributed by atoms with Crippen LogP contribution in [0.4, 0.5) is 0 Å². The topological polar surface area (TPSA) is 69.4 Å². The van der Waals surface area contributed by atoms with E-state index in [2.05, 4.69) is 59.8 Å². The normalized spacial score (nSPS) is 31.2. The first-order valence-electron chi connectivity index (χ1n) is 21.9. The van der Waals surface area contributed by atoms with Gasteiger partial charge in [-0.1, -0.05) is 123 Å². The molecular weight excluding hydrogens is 631 g/mol. The van der Waals surface area contributed by atoms with Crippen LogP contribution < -0.4 is 0 Å². The number of allylic oxidation sites excluding steroid dienone is 5. The largest absolute Gasteiger partial charge is 0.462 e. The molecule has 0 saturated heterocycles. The molecule has 8 atom stereocenters. The van der Waals surface area contributed by atoms with Crippen LogP contribution in [0.2, 0.25) is 0 Å². The highest BCUT2D eigenvalue weighted by Gasteiger charge is 2.59. The minimum absolute atomic E-state index is 0.0353. The van der Waals surface area contributed by atoms with Crippen LogP contribution in [0.1, 0.15) is 196 Å². The number of carbonyl (C=O) groups is 1. The summed E-state index contributed by atoms with van der Waals surface area (Å²) < 4.78 is 6.09. The molecule has 5 nitrogen and oxygen atoms in total. The molecule has 0 N–H and O–H groups in total. The lowest BCUT2D eigenvalue weighted by Gasteiger charge is -2.58. The Hall–Kier alpha value is -1.91. The summed E-state index contributed by atoms with van der Waals surface area (Å²) in [5.41, 5.74) is 2.73. The van der Waals surface area contributed by atoms with Crippen molar-refractivity contribution in [2.45, 2.75) is 202 Å². The first kappa shape index (κ1) is 41.8. The molecule has 6 unspecified atom stereocenters. The second-order valence-corrected chi connectivity index (χ2v) is 18.4. The molecule has 3 saturated carbocycles. The van der Waals surface area contributed by atoms with E-state index in [4.69, 9.17) is 4.74 Å². The molecule has 0 aromatic carbocycles. The molecule has 0 heterocycles. The van der Waals surface area contributed by atoms with E-state index in [1.165, 1.54) is 77.0 Å². The van der Waals surface area contributed by atoms with E-state index in [1.54, 1.807) is 11.6 Å². The van der Waals surface area contributed by atoms with Gasteiger partial charge in [-0.25, -0.2) is 0 Å². The van der Waals surface area contributed by atoms with E-state index < -0.39 is 0 Å². The Bertz CT molecular complexity index is 1190. The quantitative estimate of drug-likeness (QED) is 0.0369. The molecule has 290 valence electrons. The summed E-state index contributed by atoms with van der Waals surface area (Å²) in [4.78, 5) is 24.1. The maximum Gasteiger partial charge on any atom is 0.306 e. The number of esters is 1. The summed E-state index contributed by atoms with van der Waals surface area (Å²) >= 11 is 0. The summed E-state index contributed by atoms with van der Waals surface area (Å²) in [6, 6.07) is 0. The summed E-state index contributed by atoms with van der Waals surface area (Å²) in [5.74, 6) is 5.05. The fraction of sp³-hybridized carbons (Fsp3) is 0.848. The Morgan fingerprint density at radius 2 is 1.65 bits per heavy atom. The van der Waals surface area contributed by atoms with Crippen LogP contribution in [-0.4, -0.2) is 17.0 Å². The van der Waals surface area contributed by atoms with Crippen LogP contribution in [0.25, 0.3) is 0 Å². The second kappa shape index (κ2) is 20.5. The molecule has 0 aliphatic heterocycles. The van der Waals surface area contributed by atoms with Gasteiger partial charge in [0.1, 0.15) is 6.10 Å². The Labute approximate surface area is 313 Å². The Morgan fingerprint density at radius 1 is 0.902 bits per heavy atom. The average molecular weight is 708 g/mol. The van der Waals surface area contributed by atoms with Crippen molar-refractivity contribution >= 4 is 5.97 Å². The molecule has 0 bridgehead atoms.